The molecule has 4 heteroatoms. The van der Waals surface area contributed by atoms with Crippen molar-refractivity contribution in [3.8, 4) is 0 Å². The van der Waals surface area contributed by atoms with Crippen LogP contribution < -0.4 is 5.69 Å². The lowest BCUT2D eigenvalue weighted by molar-refractivity contribution is 0.154. The first kappa shape index (κ1) is 14.6. The van der Waals surface area contributed by atoms with Gasteiger partial charge < -0.3 is 5.11 Å². The summed E-state index contributed by atoms with van der Waals surface area (Å²) >= 11 is 0. The fourth-order valence-corrected chi connectivity index (χ4v) is 2.36. The van der Waals surface area contributed by atoms with Gasteiger partial charge in [-0.25, -0.2) is 4.79 Å². The summed E-state index contributed by atoms with van der Waals surface area (Å²) in [6.07, 6.45) is 2.83. The topological polar surface area (TPSA) is 47.2 Å². The van der Waals surface area contributed by atoms with Crippen LogP contribution in [-0.2, 0) is 6.54 Å². The van der Waals surface area contributed by atoms with E-state index in [1.165, 1.54) is 0 Å². The molecule has 2 aromatic rings. The largest absolute Gasteiger partial charge is 0.387 e. The highest BCUT2D eigenvalue weighted by Gasteiger charge is 2.14. The van der Waals surface area contributed by atoms with E-state index in [2.05, 4.69) is 0 Å². The molecule has 4 nitrogen and oxygen atoms in total. The Kier molecular flexibility index (Phi) is 4.14. The number of aryl methyl sites for hydroxylation is 2. The monoisotopic (exact) mass is 274 g/mol. The number of benzene rings is 1. The van der Waals surface area contributed by atoms with Gasteiger partial charge in [-0.1, -0.05) is 23.8 Å². The maximum atomic E-state index is 12.1. The van der Waals surface area contributed by atoms with Crippen molar-refractivity contribution in [3.63, 3.8) is 0 Å². The van der Waals surface area contributed by atoms with E-state index in [0.29, 0.717) is 0 Å². The minimum absolute atomic E-state index is 0.0793. The first-order valence-corrected chi connectivity index (χ1v) is 6.92. The molecule has 1 heterocycles. The van der Waals surface area contributed by atoms with E-state index < -0.39 is 6.10 Å². The van der Waals surface area contributed by atoms with Crippen LogP contribution in [0.1, 0.15) is 42.7 Å². The summed E-state index contributed by atoms with van der Waals surface area (Å²) in [5.41, 5.74) is 2.95. The highest BCUT2D eigenvalue weighted by molar-refractivity contribution is 5.32. The fraction of sp³-hybridized carbons (Fsp3) is 0.438. The van der Waals surface area contributed by atoms with Crippen LogP contribution in [0.3, 0.4) is 0 Å². The number of hydrogen-bond donors (Lipinski definition) is 1. The molecule has 1 unspecified atom stereocenters. The Hall–Kier alpha value is -1.81. The molecule has 0 bridgehead atoms. The van der Waals surface area contributed by atoms with Crippen molar-refractivity contribution in [3.05, 3.63) is 57.8 Å². The van der Waals surface area contributed by atoms with Gasteiger partial charge in [0.05, 0.1) is 12.6 Å². The van der Waals surface area contributed by atoms with Crippen molar-refractivity contribution in [2.45, 2.75) is 46.4 Å². The van der Waals surface area contributed by atoms with Crippen molar-refractivity contribution < 1.29 is 5.11 Å². The van der Waals surface area contributed by atoms with Crippen LogP contribution in [0.15, 0.2) is 35.4 Å². The standard InChI is InChI=1S/C16H22N2O2/c1-11(2)18-8-7-17(16(18)20)10-15(19)14-9-12(3)5-6-13(14)4/h5-9,11,15,19H,10H2,1-4H3. The first-order chi connectivity index (χ1) is 9.40. The third-order valence-corrected chi connectivity index (χ3v) is 3.59. The SMILES string of the molecule is Cc1ccc(C)c(C(O)Cn2ccn(C(C)C)c2=O)c1. The number of aromatic nitrogens is 2. The minimum Gasteiger partial charge on any atom is -0.387 e. The Morgan fingerprint density at radius 1 is 1.20 bits per heavy atom. The first-order valence-electron chi connectivity index (χ1n) is 6.92. The summed E-state index contributed by atoms with van der Waals surface area (Å²) in [4.78, 5) is 12.1. The average Bonchev–Trinajstić information content (AvgIpc) is 2.74. The maximum Gasteiger partial charge on any atom is 0.328 e. The van der Waals surface area contributed by atoms with E-state index in [1.54, 1.807) is 21.5 Å². The second-order valence-electron chi connectivity index (χ2n) is 5.61. The summed E-state index contributed by atoms with van der Waals surface area (Å²) in [5, 5.41) is 10.4. The van der Waals surface area contributed by atoms with E-state index in [9.17, 15) is 9.90 Å². The van der Waals surface area contributed by atoms with Crippen LogP contribution in [-0.4, -0.2) is 14.2 Å². The molecule has 108 valence electrons. The van der Waals surface area contributed by atoms with Crippen molar-refractivity contribution in [2.24, 2.45) is 0 Å². The van der Waals surface area contributed by atoms with Crippen molar-refractivity contribution in [2.75, 3.05) is 0 Å². The number of nitrogens with zero attached hydrogens (tertiary/aromatic N) is 2. The third kappa shape index (κ3) is 2.85. The minimum atomic E-state index is -0.671. The van der Waals surface area contributed by atoms with Crippen molar-refractivity contribution in [1.29, 1.82) is 0 Å². The summed E-state index contributed by atoms with van der Waals surface area (Å²) in [7, 11) is 0. The number of aliphatic hydroxyl groups excluding tert-OH is 1. The molecular formula is C16H22N2O2. The highest BCUT2D eigenvalue weighted by atomic mass is 16.3. The molecule has 0 aliphatic rings. The summed E-state index contributed by atoms with van der Waals surface area (Å²) in [6, 6.07) is 6.12. The van der Waals surface area contributed by atoms with Crippen molar-refractivity contribution in [1.82, 2.24) is 9.13 Å². The fourth-order valence-electron chi connectivity index (χ4n) is 2.36. The summed E-state index contributed by atoms with van der Waals surface area (Å²) < 4.78 is 3.22. The molecule has 0 aliphatic heterocycles. The third-order valence-electron chi connectivity index (χ3n) is 3.59. The van der Waals surface area contributed by atoms with E-state index in [-0.39, 0.29) is 18.3 Å². The Balaban J connectivity index is 2.26. The molecule has 1 N–H and O–H groups in total. The molecule has 0 radical (unpaired) electrons. The van der Waals surface area contributed by atoms with Gasteiger partial charge in [-0.2, -0.15) is 0 Å². The lowest BCUT2D eigenvalue weighted by Crippen LogP contribution is -2.27. The second kappa shape index (κ2) is 5.67. The van der Waals surface area contributed by atoms with E-state index in [4.69, 9.17) is 0 Å². The predicted octanol–water partition coefficient (Wildman–Crippen LogP) is 2.58. The van der Waals surface area contributed by atoms with Gasteiger partial charge in [0, 0.05) is 18.4 Å². The molecule has 0 spiro atoms. The molecule has 2 rings (SSSR count). The predicted molar refractivity (Wildman–Crippen MR) is 80.0 cm³/mol. The van der Waals surface area contributed by atoms with Gasteiger partial charge in [-0.15, -0.1) is 0 Å². The Bertz CT molecular complexity index is 653. The van der Waals surface area contributed by atoms with Crippen LogP contribution in [0, 0.1) is 13.8 Å². The molecule has 0 saturated heterocycles. The number of aliphatic hydroxyl groups is 1. The van der Waals surface area contributed by atoms with E-state index >= 15 is 0 Å². The summed E-state index contributed by atoms with van der Waals surface area (Å²) in [5.74, 6) is 0. The zero-order valence-corrected chi connectivity index (χ0v) is 12.5. The van der Waals surface area contributed by atoms with E-state index in [0.717, 1.165) is 16.7 Å². The quantitative estimate of drug-likeness (QED) is 0.931. The van der Waals surface area contributed by atoms with Gasteiger partial charge >= 0.3 is 5.69 Å². The zero-order valence-electron chi connectivity index (χ0n) is 12.5. The molecule has 1 aromatic heterocycles. The Labute approximate surface area is 119 Å². The molecule has 20 heavy (non-hydrogen) atoms. The van der Waals surface area contributed by atoms with Gasteiger partial charge in [0.1, 0.15) is 0 Å². The smallest absolute Gasteiger partial charge is 0.328 e. The van der Waals surface area contributed by atoms with Crippen LogP contribution in [0.25, 0.3) is 0 Å². The summed E-state index contributed by atoms with van der Waals surface area (Å²) in [6.45, 7) is 8.18. The lowest BCUT2D eigenvalue weighted by Gasteiger charge is -2.15. The Morgan fingerprint density at radius 2 is 1.90 bits per heavy atom. The lowest BCUT2D eigenvalue weighted by atomic mass is 10.0. The number of rotatable bonds is 4. The van der Waals surface area contributed by atoms with Gasteiger partial charge in [0.15, 0.2) is 0 Å². The van der Waals surface area contributed by atoms with Gasteiger partial charge in [-0.3, -0.25) is 9.13 Å². The maximum absolute atomic E-state index is 12.1. The van der Waals surface area contributed by atoms with Gasteiger partial charge in [-0.05, 0) is 38.8 Å². The van der Waals surface area contributed by atoms with E-state index in [1.807, 2.05) is 45.9 Å². The molecule has 0 amide bonds. The Morgan fingerprint density at radius 3 is 2.50 bits per heavy atom. The van der Waals surface area contributed by atoms with Crippen molar-refractivity contribution >= 4 is 0 Å². The van der Waals surface area contributed by atoms with Crippen LogP contribution in [0.2, 0.25) is 0 Å². The van der Waals surface area contributed by atoms with Gasteiger partial charge in [0.2, 0.25) is 0 Å². The molecule has 1 atom stereocenters. The molecule has 0 aliphatic carbocycles. The average molecular weight is 274 g/mol. The van der Waals surface area contributed by atoms with Crippen LogP contribution in [0.4, 0.5) is 0 Å². The number of hydrogen-bond acceptors (Lipinski definition) is 2. The van der Waals surface area contributed by atoms with Crippen LogP contribution in [0.5, 0.6) is 0 Å². The normalized spacial score (nSPS) is 12.9. The highest BCUT2D eigenvalue weighted by Crippen LogP contribution is 2.20. The molecule has 1 aromatic carbocycles. The second-order valence-corrected chi connectivity index (χ2v) is 5.61. The molecular weight excluding hydrogens is 252 g/mol. The van der Waals surface area contributed by atoms with Gasteiger partial charge in [0.25, 0.3) is 0 Å². The van der Waals surface area contributed by atoms with Crippen LogP contribution >= 0.6 is 0 Å². The molecule has 0 fully saturated rings. The zero-order chi connectivity index (χ0) is 14.9. The number of imidazole rings is 1. The molecule has 0 saturated carbocycles.